The number of rotatable bonds is 6. The van der Waals surface area contributed by atoms with Crippen LogP contribution >= 0.6 is 0 Å². The van der Waals surface area contributed by atoms with Gasteiger partial charge in [-0.05, 0) is 52.2 Å². The molecule has 4 heteroatoms. The molecule has 0 bridgehead atoms. The number of likely N-dealkylation sites (N-methyl/N-ethyl adjacent to an activating group) is 1. The zero-order valence-electron chi connectivity index (χ0n) is 11.1. The number of carbonyl (C=O) groups excluding carboxylic acids is 1. The fraction of sp³-hybridized carbons (Fsp3) is 0.923. The molecular formula is C13H25N3O. The van der Waals surface area contributed by atoms with Gasteiger partial charge in [-0.25, -0.2) is 0 Å². The van der Waals surface area contributed by atoms with Crippen LogP contribution in [0, 0.1) is 5.92 Å². The summed E-state index contributed by atoms with van der Waals surface area (Å²) < 4.78 is 0. The van der Waals surface area contributed by atoms with E-state index in [1.165, 1.54) is 32.4 Å². The predicted octanol–water partition coefficient (Wildman–Crippen LogP) is 0.539. The van der Waals surface area contributed by atoms with Crippen molar-refractivity contribution in [1.82, 2.24) is 15.1 Å². The lowest BCUT2D eigenvalue weighted by Gasteiger charge is -2.21. The number of likely N-dealkylation sites (tertiary alicyclic amines) is 1. The number of nitrogens with one attached hydrogen (secondary N) is 1. The number of carbonyl (C=O) groups is 1. The van der Waals surface area contributed by atoms with Crippen molar-refractivity contribution >= 4 is 5.91 Å². The molecule has 2 aliphatic rings. The van der Waals surface area contributed by atoms with Gasteiger partial charge in [0.05, 0.1) is 6.54 Å². The molecule has 1 N–H and O–H groups in total. The third-order valence-electron chi connectivity index (χ3n) is 3.85. The molecule has 1 saturated carbocycles. The van der Waals surface area contributed by atoms with Gasteiger partial charge in [-0.3, -0.25) is 4.79 Å². The molecule has 2 fully saturated rings. The SMILES string of the molecule is CCN(C(=O)CNCC1CCN(C)C1)C1CC1. The van der Waals surface area contributed by atoms with E-state index in [1.54, 1.807) is 0 Å². The second kappa shape index (κ2) is 5.83. The van der Waals surface area contributed by atoms with Gasteiger partial charge >= 0.3 is 0 Å². The Balaban J connectivity index is 1.62. The molecule has 1 unspecified atom stereocenters. The first-order valence-electron chi connectivity index (χ1n) is 6.89. The Kier molecular flexibility index (Phi) is 4.40. The van der Waals surface area contributed by atoms with E-state index < -0.39 is 0 Å². The lowest BCUT2D eigenvalue weighted by Crippen LogP contribution is -2.40. The highest BCUT2D eigenvalue weighted by atomic mass is 16.2. The standard InChI is InChI=1S/C13H25N3O/c1-3-16(12-4-5-12)13(17)9-14-8-11-6-7-15(2)10-11/h11-12,14H,3-10H2,1-2H3. The molecule has 0 radical (unpaired) electrons. The van der Waals surface area contributed by atoms with Crippen LogP contribution in [0.3, 0.4) is 0 Å². The van der Waals surface area contributed by atoms with E-state index in [9.17, 15) is 4.79 Å². The average Bonchev–Trinajstić information content (AvgIpc) is 3.04. The van der Waals surface area contributed by atoms with Crippen LogP contribution in [0.4, 0.5) is 0 Å². The molecule has 17 heavy (non-hydrogen) atoms. The minimum atomic E-state index is 0.279. The number of hydrogen-bond acceptors (Lipinski definition) is 3. The van der Waals surface area contributed by atoms with Gasteiger partial charge in [0.25, 0.3) is 0 Å². The first-order chi connectivity index (χ1) is 8.20. The summed E-state index contributed by atoms with van der Waals surface area (Å²) in [6.07, 6.45) is 3.66. The minimum absolute atomic E-state index is 0.279. The summed E-state index contributed by atoms with van der Waals surface area (Å²) in [5, 5.41) is 3.33. The Morgan fingerprint density at radius 2 is 2.18 bits per heavy atom. The predicted molar refractivity (Wildman–Crippen MR) is 68.9 cm³/mol. The van der Waals surface area contributed by atoms with E-state index in [0.29, 0.717) is 12.6 Å². The first-order valence-corrected chi connectivity index (χ1v) is 6.89. The third kappa shape index (κ3) is 3.68. The summed E-state index contributed by atoms with van der Waals surface area (Å²) in [5.41, 5.74) is 0. The molecule has 1 saturated heterocycles. The summed E-state index contributed by atoms with van der Waals surface area (Å²) in [6.45, 7) is 6.80. The summed E-state index contributed by atoms with van der Waals surface area (Å²) >= 11 is 0. The van der Waals surface area contributed by atoms with Crippen molar-refractivity contribution in [3.63, 3.8) is 0 Å². The molecule has 2 rings (SSSR count). The highest BCUT2D eigenvalue weighted by Gasteiger charge is 2.31. The zero-order valence-corrected chi connectivity index (χ0v) is 11.1. The van der Waals surface area contributed by atoms with Crippen molar-refractivity contribution in [2.75, 3.05) is 39.8 Å². The van der Waals surface area contributed by atoms with Crippen LogP contribution in [0.1, 0.15) is 26.2 Å². The molecule has 1 heterocycles. The van der Waals surface area contributed by atoms with Gasteiger partial charge < -0.3 is 15.1 Å². The molecule has 0 aromatic rings. The Morgan fingerprint density at radius 3 is 2.71 bits per heavy atom. The Morgan fingerprint density at radius 1 is 1.41 bits per heavy atom. The van der Waals surface area contributed by atoms with Gasteiger partial charge in [-0.1, -0.05) is 0 Å². The summed E-state index contributed by atoms with van der Waals surface area (Å²) in [7, 11) is 2.16. The third-order valence-corrected chi connectivity index (χ3v) is 3.85. The summed E-state index contributed by atoms with van der Waals surface area (Å²) in [6, 6.07) is 0.548. The normalized spacial score (nSPS) is 25.2. The second-order valence-electron chi connectivity index (χ2n) is 5.46. The summed E-state index contributed by atoms with van der Waals surface area (Å²) in [4.78, 5) is 16.3. The topological polar surface area (TPSA) is 35.6 Å². The lowest BCUT2D eigenvalue weighted by molar-refractivity contribution is -0.130. The fourth-order valence-electron chi connectivity index (χ4n) is 2.70. The van der Waals surface area contributed by atoms with Crippen LogP contribution in [-0.4, -0.2) is 61.5 Å². The molecule has 0 aromatic heterocycles. The van der Waals surface area contributed by atoms with Crippen molar-refractivity contribution in [1.29, 1.82) is 0 Å². The van der Waals surface area contributed by atoms with Crippen molar-refractivity contribution in [3.8, 4) is 0 Å². The van der Waals surface area contributed by atoms with Gasteiger partial charge in [-0.15, -0.1) is 0 Å². The van der Waals surface area contributed by atoms with Crippen molar-refractivity contribution in [3.05, 3.63) is 0 Å². The molecule has 1 aliphatic heterocycles. The monoisotopic (exact) mass is 239 g/mol. The van der Waals surface area contributed by atoms with E-state index in [0.717, 1.165) is 19.0 Å². The van der Waals surface area contributed by atoms with Crippen LogP contribution in [0.2, 0.25) is 0 Å². The van der Waals surface area contributed by atoms with Crippen LogP contribution in [0.5, 0.6) is 0 Å². The maximum Gasteiger partial charge on any atom is 0.236 e. The number of amides is 1. The van der Waals surface area contributed by atoms with Crippen LogP contribution in [0.25, 0.3) is 0 Å². The van der Waals surface area contributed by atoms with Crippen LogP contribution in [-0.2, 0) is 4.79 Å². The van der Waals surface area contributed by atoms with Gasteiger partial charge in [0.15, 0.2) is 0 Å². The van der Waals surface area contributed by atoms with E-state index in [4.69, 9.17) is 0 Å². The van der Waals surface area contributed by atoms with E-state index >= 15 is 0 Å². The van der Waals surface area contributed by atoms with E-state index in [-0.39, 0.29) is 5.91 Å². The Hall–Kier alpha value is -0.610. The van der Waals surface area contributed by atoms with Crippen molar-refractivity contribution < 1.29 is 4.79 Å². The van der Waals surface area contributed by atoms with Gasteiger partial charge in [0.2, 0.25) is 5.91 Å². The highest BCUT2D eigenvalue weighted by molar-refractivity contribution is 5.78. The Bertz CT molecular complexity index is 265. The highest BCUT2D eigenvalue weighted by Crippen LogP contribution is 2.26. The molecule has 1 atom stereocenters. The first kappa shape index (κ1) is 12.8. The lowest BCUT2D eigenvalue weighted by atomic mass is 10.1. The van der Waals surface area contributed by atoms with Crippen molar-refractivity contribution in [2.45, 2.75) is 32.2 Å². The van der Waals surface area contributed by atoms with Gasteiger partial charge in [0, 0.05) is 19.1 Å². The smallest absolute Gasteiger partial charge is 0.236 e. The largest absolute Gasteiger partial charge is 0.339 e. The molecule has 1 aliphatic carbocycles. The van der Waals surface area contributed by atoms with Gasteiger partial charge in [-0.2, -0.15) is 0 Å². The molecule has 0 spiro atoms. The second-order valence-corrected chi connectivity index (χ2v) is 5.46. The zero-order chi connectivity index (χ0) is 12.3. The Labute approximate surface area is 104 Å². The maximum atomic E-state index is 11.9. The van der Waals surface area contributed by atoms with Gasteiger partial charge in [0.1, 0.15) is 0 Å². The van der Waals surface area contributed by atoms with Crippen LogP contribution < -0.4 is 5.32 Å². The molecule has 0 aromatic carbocycles. The molecular weight excluding hydrogens is 214 g/mol. The number of hydrogen-bond donors (Lipinski definition) is 1. The maximum absolute atomic E-state index is 11.9. The minimum Gasteiger partial charge on any atom is -0.339 e. The molecule has 1 amide bonds. The molecule has 4 nitrogen and oxygen atoms in total. The van der Waals surface area contributed by atoms with Crippen LogP contribution in [0.15, 0.2) is 0 Å². The quantitative estimate of drug-likeness (QED) is 0.735. The molecule has 98 valence electrons. The number of nitrogens with zero attached hydrogens (tertiary/aromatic N) is 2. The fourth-order valence-corrected chi connectivity index (χ4v) is 2.70. The van der Waals surface area contributed by atoms with E-state index in [1.807, 2.05) is 4.90 Å². The van der Waals surface area contributed by atoms with E-state index in [2.05, 4.69) is 24.2 Å². The summed E-state index contributed by atoms with van der Waals surface area (Å²) in [5.74, 6) is 1.00. The van der Waals surface area contributed by atoms with Crippen molar-refractivity contribution in [2.24, 2.45) is 5.92 Å². The average molecular weight is 239 g/mol.